The highest BCUT2D eigenvalue weighted by molar-refractivity contribution is 7.22. The molecule has 2 aromatic heterocycles. The molecule has 0 amide bonds. The Balaban J connectivity index is 1.40. The van der Waals surface area contributed by atoms with E-state index in [1.165, 1.54) is 23.5 Å². The minimum Gasteiger partial charge on any atom is -0.497 e. The summed E-state index contributed by atoms with van der Waals surface area (Å²) in [5.41, 5.74) is 4.30. The van der Waals surface area contributed by atoms with E-state index in [-0.39, 0.29) is 11.5 Å². The molecule has 0 spiro atoms. The maximum atomic E-state index is 14.4. The van der Waals surface area contributed by atoms with Crippen molar-refractivity contribution in [3.63, 3.8) is 0 Å². The van der Waals surface area contributed by atoms with E-state index in [4.69, 9.17) is 9.72 Å². The molecule has 0 aliphatic heterocycles. The predicted octanol–water partition coefficient (Wildman–Crippen LogP) is 6.45. The fraction of sp³-hybridized carbons (Fsp3) is 0.138. The molecule has 0 aliphatic rings. The third kappa shape index (κ3) is 5.59. The van der Waals surface area contributed by atoms with Crippen LogP contribution in [-0.4, -0.2) is 34.7 Å². The van der Waals surface area contributed by atoms with Crippen molar-refractivity contribution >= 4 is 32.7 Å². The van der Waals surface area contributed by atoms with Crippen LogP contribution in [0.1, 0.15) is 21.6 Å². The topological polar surface area (TPSA) is 75.5 Å². The third-order valence-corrected chi connectivity index (χ3v) is 7.19. The first-order valence-electron chi connectivity index (χ1n) is 11.7. The van der Waals surface area contributed by atoms with E-state index in [0.29, 0.717) is 29.0 Å². The summed E-state index contributed by atoms with van der Waals surface area (Å²) in [5, 5.41) is 9.99. The summed E-state index contributed by atoms with van der Waals surface area (Å²) in [6.07, 6.45) is 0.784. The van der Waals surface area contributed by atoms with Gasteiger partial charge in [0.15, 0.2) is 5.13 Å². The monoisotopic (exact) mass is 513 g/mol. The van der Waals surface area contributed by atoms with E-state index in [9.17, 15) is 14.3 Å². The second-order valence-electron chi connectivity index (χ2n) is 8.51. The Kier molecular flexibility index (Phi) is 7.09. The summed E-state index contributed by atoms with van der Waals surface area (Å²) in [4.78, 5) is 22.4. The van der Waals surface area contributed by atoms with Crippen LogP contribution in [-0.2, 0) is 13.0 Å². The van der Waals surface area contributed by atoms with E-state index < -0.39 is 5.97 Å². The highest BCUT2D eigenvalue weighted by Gasteiger charge is 2.16. The van der Waals surface area contributed by atoms with Gasteiger partial charge in [-0.15, -0.1) is 0 Å². The molecule has 2 heterocycles. The number of hydrogen-bond acceptors (Lipinski definition) is 6. The van der Waals surface area contributed by atoms with E-state index in [2.05, 4.69) is 9.88 Å². The molecule has 6 nitrogen and oxygen atoms in total. The summed E-state index contributed by atoms with van der Waals surface area (Å²) in [6, 6.07) is 25.7. The number of pyridine rings is 1. The van der Waals surface area contributed by atoms with Crippen LogP contribution >= 0.6 is 11.3 Å². The van der Waals surface area contributed by atoms with Crippen LogP contribution in [0.2, 0.25) is 0 Å². The molecule has 0 saturated carbocycles. The van der Waals surface area contributed by atoms with Crippen LogP contribution in [0.15, 0.2) is 84.9 Å². The summed E-state index contributed by atoms with van der Waals surface area (Å²) in [7, 11) is 1.65. The van der Waals surface area contributed by atoms with Gasteiger partial charge in [0.25, 0.3) is 0 Å². The Morgan fingerprint density at radius 3 is 2.38 bits per heavy atom. The maximum Gasteiger partial charge on any atom is 0.354 e. The first kappa shape index (κ1) is 24.4. The fourth-order valence-electron chi connectivity index (χ4n) is 4.05. The number of carboxylic acids is 1. The fourth-order valence-corrected chi connectivity index (χ4v) is 5.05. The van der Waals surface area contributed by atoms with Crippen molar-refractivity contribution in [2.45, 2.75) is 13.0 Å². The molecule has 0 radical (unpaired) electrons. The number of hydrogen-bond donors (Lipinski definition) is 1. The Morgan fingerprint density at radius 1 is 0.946 bits per heavy atom. The van der Waals surface area contributed by atoms with Crippen molar-refractivity contribution in [2.75, 3.05) is 18.6 Å². The van der Waals surface area contributed by atoms with Crippen molar-refractivity contribution in [2.24, 2.45) is 0 Å². The molecule has 0 bridgehead atoms. The van der Waals surface area contributed by atoms with Crippen LogP contribution in [0.4, 0.5) is 9.52 Å². The molecule has 0 aliphatic carbocycles. The summed E-state index contributed by atoms with van der Waals surface area (Å²) < 4.78 is 20.2. The molecule has 37 heavy (non-hydrogen) atoms. The van der Waals surface area contributed by atoms with E-state index in [1.54, 1.807) is 25.3 Å². The number of halogens is 1. The zero-order valence-corrected chi connectivity index (χ0v) is 20.9. The number of rotatable bonds is 9. The largest absolute Gasteiger partial charge is 0.497 e. The van der Waals surface area contributed by atoms with Gasteiger partial charge in [-0.1, -0.05) is 59.9 Å². The number of carboxylic acid groups (broad SMARTS) is 1. The maximum absolute atomic E-state index is 14.4. The molecule has 1 N–H and O–H groups in total. The Labute approximate surface area is 217 Å². The van der Waals surface area contributed by atoms with Gasteiger partial charge in [0.2, 0.25) is 0 Å². The Hall–Kier alpha value is -4.30. The molecular formula is C29H24FN3O3S. The quantitative estimate of drug-likeness (QED) is 0.244. The zero-order valence-electron chi connectivity index (χ0n) is 20.1. The van der Waals surface area contributed by atoms with Crippen LogP contribution in [0.25, 0.3) is 21.5 Å². The molecule has 0 saturated heterocycles. The minimum absolute atomic E-state index is 0.00866. The number of aromatic nitrogens is 2. The number of ether oxygens (including phenoxy) is 1. The van der Waals surface area contributed by atoms with Gasteiger partial charge in [0, 0.05) is 18.7 Å². The van der Waals surface area contributed by atoms with Crippen molar-refractivity contribution in [3.8, 4) is 17.0 Å². The summed E-state index contributed by atoms with van der Waals surface area (Å²) in [6.45, 7) is 1.28. The van der Waals surface area contributed by atoms with E-state index >= 15 is 0 Å². The van der Waals surface area contributed by atoms with Crippen LogP contribution in [0.3, 0.4) is 0 Å². The lowest BCUT2D eigenvalue weighted by atomic mass is 10.1. The highest BCUT2D eigenvalue weighted by Crippen LogP contribution is 2.32. The second kappa shape index (κ2) is 10.8. The number of methoxy groups -OCH3 is 1. The lowest BCUT2D eigenvalue weighted by Crippen LogP contribution is -2.25. The van der Waals surface area contributed by atoms with Crippen molar-refractivity contribution < 1.29 is 19.0 Å². The number of nitrogens with zero attached hydrogens (tertiary/aromatic N) is 3. The molecule has 5 aromatic rings. The van der Waals surface area contributed by atoms with Crippen LogP contribution in [0, 0.1) is 5.82 Å². The summed E-state index contributed by atoms with van der Waals surface area (Å²) in [5.74, 6) is -0.513. The first-order valence-corrected chi connectivity index (χ1v) is 12.5. The van der Waals surface area contributed by atoms with Gasteiger partial charge in [-0.2, -0.15) is 0 Å². The number of anilines is 1. The smallest absolute Gasteiger partial charge is 0.354 e. The van der Waals surface area contributed by atoms with Gasteiger partial charge >= 0.3 is 5.97 Å². The SMILES string of the molecule is COc1ccc(CCN(Cc2ccc(-c3cccc(C(=O)O)n3)cc2)c2nc3cccc(F)c3s2)cc1. The molecule has 0 unspecified atom stereocenters. The molecule has 8 heteroatoms. The standard InChI is InChI=1S/C29H24FN3O3S/c1-36-22-14-10-19(11-15-22)16-17-33(29-32-25-6-2-4-23(30)27(25)37-29)18-20-8-12-21(13-9-20)24-5-3-7-26(31-24)28(34)35/h2-15H,16-18H2,1H3,(H,34,35). The lowest BCUT2D eigenvalue weighted by molar-refractivity contribution is 0.0690. The van der Waals surface area contributed by atoms with E-state index in [1.807, 2.05) is 54.6 Å². The van der Waals surface area contributed by atoms with Gasteiger partial charge < -0.3 is 14.7 Å². The number of benzene rings is 3. The number of fused-ring (bicyclic) bond motifs is 1. The number of carbonyl (C=O) groups is 1. The lowest BCUT2D eigenvalue weighted by Gasteiger charge is -2.22. The Bertz CT molecular complexity index is 1530. The van der Waals surface area contributed by atoms with Gasteiger partial charge in [-0.3, -0.25) is 0 Å². The molecule has 0 atom stereocenters. The average Bonchev–Trinajstić information content (AvgIpc) is 3.37. The zero-order chi connectivity index (χ0) is 25.8. The average molecular weight is 514 g/mol. The van der Waals surface area contributed by atoms with Crippen LogP contribution in [0.5, 0.6) is 5.75 Å². The molecule has 0 fully saturated rings. The van der Waals surface area contributed by atoms with Crippen molar-refractivity contribution in [1.82, 2.24) is 9.97 Å². The van der Waals surface area contributed by atoms with Gasteiger partial charge in [-0.25, -0.2) is 19.2 Å². The van der Waals surface area contributed by atoms with Gasteiger partial charge in [0.1, 0.15) is 17.3 Å². The van der Waals surface area contributed by atoms with E-state index in [0.717, 1.165) is 34.0 Å². The predicted molar refractivity (Wildman–Crippen MR) is 144 cm³/mol. The normalized spacial score (nSPS) is 11.0. The molecule has 5 rings (SSSR count). The third-order valence-electron chi connectivity index (χ3n) is 6.05. The number of aromatic carboxylic acids is 1. The first-order chi connectivity index (χ1) is 18.0. The summed E-state index contributed by atoms with van der Waals surface area (Å²) >= 11 is 1.35. The molecule has 186 valence electrons. The van der Waals surface area contributed by atoms with Gasteiger partial charge in [0.05, 0.1) is 23.0 Å². The Morgan fingerprint density at radius 2 is 1.68 bits per heavy atom. The van der Waals surface area contributed by atoms with Crippen molar-refractivity contribution in [1.29, 1.82) is 0 Å². The minimum atomic E-state index is -1.06. The van der Waals surface area contributed by atoms with Crippen LogP contribution < -0.4 is 9.64 Å². The number of thiazole rings is 1. The highest BCUT2D eigenvalue weighted by atomic mass is 32.1. The molecular weight excluding hydrogens is 489 g/mol. The van der Waals surface area contributed by atoms with Crippen molar-refractivity contribution in [3.05, 3.63) is 108 Å². The second-order valence-corrected chi connectivity index (χ2v) is 9.49. The van der Waals surface area contributed by atoms with Gasteiger partial charge in [-0.05, 0) is 53.9 Å². The molecule has 3 aromatic carbocycles.